The molecule has 0 aromatic rings. The van der Waals surface area contributed by atoms with Crippen LogP contribution in [0.25, 0.3) is 0 Å². The van der Waals surface area contributed by atoms with Gasteiger partial charge in [-0.05, 0) is 12.3 Å². The van der Waals surface area contributed by atoms with Gasteiger partial charge >= 0.3 is 0 Å². The van der Waals surface area contributed by atoms with Crippen LogP contribution < -0.4 is 5.73 Å². The van der Waals surface area contributed by atoms with Crippen molar-refractivity contribution in [3.63, 3.8) is 0 Å². The maximum Gasteiger partial charge on any atom is 0.0472 e. The quantitative estimate of drug-likeness (QED) is 0.577. The van der Waals surface area contributed by atoms with Gasteiger partial charge in [0.1, 0.15) is 0 Å². The second kappa shape index (κ2) is 4.60. The molecule has 2 atom stereocenters. The summed E-state index contributed by atoms with van der Waals surface area (Å²) in [5.74, 6) is 0.355. The van der Waals surface area contributed by atoms with E-state index in [0.717, 1.165) is 26.1 Å². The van der Waals surface area contributed by atoms with E-state index in [1.807, 2.05) is 6.08 Å². The van der Waals surface area contributed by atoms with E-state index in [9.17, 15) is 0 Å². The van der Waals surface area contributed by atoms with E-state index in [4.69, 9.17) is 10.8 Å². The van der Waals surface area contributed by atoms with Crippen molar-refractivity contribution in [1.82, 2.24) is 4.90 Å². The highest BCUT2D eigenvalue weighted by atomic mass is 16.3. The molecule has 3 heteroatoms. The maximum atomic E-state index is 8.99. The van der Waals surface area contributed by atoms with Crippen LogP contribution in [0.2, 0.25) is 0 Å². The minimum Gasteiger partial charge on any atom is -0.396 e. The average Bonchev–Trinajstić information content (AvgIpc) is 2.04. The van der Waals surface area contributed by atoms with Crippen molar-refractivity contribution in [3.05, 3.63) is 12.7 Å². The number of likely N-dealkylation sites (tertiary alicyclic amines) is 1. The lowest BCUT2D eigenvalue weighted by Crippen LogP contribution is -2.47. The van der Waals surface area contributed by atoms with Gasteiger partial charge in [-0.15, -0.1) is 6.58 Å². The first kappa shape index (κ1) is 9.71. The summed E-state index contributed by atoms with van der Waals surface area (Å²) in [4.78, 5) is 2.24. The van der Waals surface area contributed by atoms with Gasteiger partial charge in [-0.2, -0.15) is 0 Å². The lowest BCUT2D eigenvalue weighted by molar-refractivity contribution is 0.116. The van der Waals surface area contributed by atoms with E-state index in [0.29, 0.717) is 5.92 Å². The van der Waals surface area contributed by atoms with Crippen molar-refractivity contribution in [2.45, 2.75) is 12.5 Å². The second-order valence-electron chi connectivity index (χ2n) is 3.55. The Morgan fingerprint density at radius 3 is 2.92 bits per heavy atom. The predicted octanol–water partition coefficient (Wildman–Crippen LogP) is -0.186. The van der Waals surface area contributed by atoms with Crippen molar-refractivity contribution >= 4 is 0 Å². The van der Waals surface area contributed by atoms with E-state index < -0.39 is 0 Å². The summed E-state index contributed by atoms with van der Waals surface area (Å²) in [7, 11) is 0. The van der Waals surface area contributed by atoms with E-state index >= 15 is 0 Å². The number of aliphatic hydroxyl groups excluding tert-OH is 1. The fourth-order valence-corrected chi connectivity index (χ4v) is 1.81. The Morgan fingerprint density at radius 1 is 1.58 bits per heavy atom. The zero-order valence-corrected chi connectivity index (χ0v) is 7.45. The lowest BCUT2D eigenvalue weighted by atomic mass is 9.95. The van der Waals surface area contributed by atoms with Crippen molar-refractivity contribution < 1.29 is 5.11 Å². The maximum absolute atomic E-state index is 8.99. The van der Waals surface area contributed by atoms with E-state index in [-0.39, 0.29) is 12.6 Å². The summed E-state index contributed by atoms with van der Waals surface area (Å²) in [5.41, 5.74) is 5.83. The van der Waals surface area contributed by atoms with Crippen LogP contribution in [0, 0.1) is 5.92 Å². The van der Waals surface area contributed by atoms with E-state index in [1.54, 1.807) is 0 Å². The van der Waals surface area contributed by atoms with Crippen LogP contribution in [0.3, 0.4) is 0 Å². The summed E-state index contributed by atoms with van der Waals surface area (Å²) in [6.07, 6.45) is 2.83. The summed E-state index contributed by atoms with van der Waals surface area (Å²) in [6.45, 7) is 6.70. The highest BCUT2D eigenvalue weighted by molar-refractivity contribution is 4.84. The smallest absolute Gasteiger partial charge is 0.0472 e. The molecule has 3 N–H and O–H groups in total. The fraction of sp³-hybridized carbons (Fsp3) is 0.778. The first-order valence-corrected chi connectivity index (χ1v) is 4.46. The summed E-state index contributed by atoms with van der Waals surface area (Å²) in [5, 5.41) is 8.99. The van der Waals surface area contributed by atoms with Crippen molar-refractivity contribution in [2.24, 2.45) is 11.7 Å². The Hall–Kier alpha value is -0.380. The fourth-order valence-electron chi connectivity index (χ4n) is 1.81. The predicted molar refractivity (Wildman–Crippen MR) is 49.8 cm³/mol. The van der Waals surface area contributed by atoms with Gasteiger partial charge in [0, 0.05) is 32.3 Å². The number of nitrogens with two attached hydrogens (primary N) is 1. The highest BCUT2D eigenvalue weighted by Crippen LogP contribution is 2.14. The number of rotatable bonds is 3. The van der Waals surface area contributed by atoms with Crippen molar-refractivity contribution in [3.8, 4) is 0 Å². The zero-order chi connectivity index (χ0) is 8.97. The molecule has 1 aliphatic rings. The van der Waals surface area contributed by atoms with Crippen LogP contribution >= 0.6 is 0 Å². The van der Waals surface area contributed by atoms with Crippen molar-refractivity contribution in [2.75, 3.05) is 26.2 Å². The van der Waals surface area contributed by atoms with E-state index in [2.05, 4.69) is 11.5 Å². The molecule has 2 unspecified atom stereocenters. The van der Waals surface area contributed by atoms with Crippen LogP contribution in [-0.2, 0) is 0 Å². The molecular formula is C9H18N2O. The molecule has 1 aliphatic heterocycles. The third kappa shape index (κ3) is 2.59. The van der Waals surface area contributed by atoms with E-state index in [1.165, 1.54) is 0 Å². The molecule has 0 aromatic heterocycles. The van der Waals surface area contributed by atoms with Gasteiger partial charge in [-0.25, -0.2) is 0 Å². The van der Waals surface area contributed by atoms with Crippen LogP contribution in [0.4, 0.5) is 0 Å². The van der Waals surface area contributed by atoms with Gasteiger partial charge < -0.3 is 10.8 Å². The molecule has 1 rings (SSSR count). The molecule has 0 aliphatic carbocycles. The van der Waals surface area contributed by atoms with Crippen LogP contribution in [-0.4, -0.2) is 42.3 Å². The summed E-state index contributed by atoms with van der Waals surface area (Å²) in [6, 6.07) is 0.218. The number of nitrogens with zero attached hydrogens (tertiary/aromatic N) is 1. The number of hydrogen-bond acceptors (Lipinski definition) is 3. The Labute approximate surface area is 73.9 Å². The number of piperidine rings is 1. The number of aliphatic hydroxyl groups is 1. The van der Waals surface area contributed by atoms with Gasteiger partial charge in [-0.3, -0.25) is 4.90 Å². The minimum atomic E-state index is 0.218. The topological polar surface area (TPSA) is 49.5 Å². The first-order chi connectivity index (χ1) is 5.76. The highest BCUT2D eigenvalue weighted by Gasteiger charge is 2.23. The van der Waals surface area contributed by atoms with Crippen molar-refractivity contribution in [1.29, 1.82) is 0 Å². The molecule has 1 heterocycles. The van der Waals surface area contributed by atoms with Crippen LogP contribution in [0.15, 0.2) is 12.7 Å². The lowest BCUT2D eigenvalue weighted by Gasteiger charge is -2.34. The van der Waals surface area contributed by atoms with Gasteiger partial charge in [0.15, 0.2) is 0 Å². The Kier molecular flexibility index (Phi) is 3.72. The molecule has 1 saturated heterocycles. The molecule has 3 nitrogen and oxygen atoms in total. The van der Waals surface area contributed by atoms with Gasteiger partial charge in [0.2, 0.25) is 0 Å². The monoisotopic (exact) mass is 170 g/mol. The average molecular weight is 170 g/mol. The molecule has 0 bridgehead atoms. The zero-order valence-electron chi connectivity index (χ0n) is 7.45. The Morgan fingerprint density at radius 2 is 2.33 bits per heavy atom. The standard InChI is InChI=1S/C9H18N2O/c1-2-3-11-5-8(7-12)4-9(10)6-11/h2,8-9,12H,1,3-7,10H2. The number of hydrogen-bond donors (Lipinski definition) is 2. The summed E-state index contributed by atoms with van der Waals surface area (Å²) >= 11 is 0. The third-order valence-electron chi connectivity index (χ3n) is 2.29. The molecule has 0 spiro atoms. The third-order valence-corrected chi connectivity index (χ3v) is 2.29. The molecule has 0 amide bonds. The molecule has 0 radical (unpaired) electrons. The first-order valence-electron chi connectivity index (χ1n) is 4.46. The molecule has 12 heavy (non-hydrogen) atoms. The van der Waals surface area contributed by atoms with Crippen LogP contribution in [0.1, 0.15) is 6.42 Å². The molecule has 1 fully saturated rings. The molecular weight excluding hydrogens is 152 g/mol. The molecule has 0 aromatic carbocycles. The largest absolute Gasteiger partial charge is 0.396 e. The Balaban J connectivity index is 2.39. The van der Waals surface area contributed by atoms with Crippen LogP contribution in [0.5, 0.6) is 0 Å². The summed E-state index contributed by atoms with van der Waals surface area (Å²) < 4.78 is 0. The van der Waals surface area contributed by atoms with Gasteiger partial charge in [0.05, 0.1) is 0 Å². The SMILES string of the molecule is C=CCN1CC(N)CC(CO)C1. The second-order valence-corrected chi connectivity index (χ2v) is 3.55. The molecule has 0 saturated carbocycles. The van der Waals surface area contributed by atoms with Gasteiger partial charge in [0.25, 0.3) is 0 Å². The Bertz CT molecular complexity index is 149. The van der Waals surface area contributed by atoms with Gasteiger partial charge in [-0.1, -0.05) is 6.08 Å². The minimum absolute atomic E-state index is 0.218. The molecule has 70 valence electrons. The normalized spacial score (nSPS) is 31.8.